The molecule has 168 valence electrons. The lowest BCUT2D eigenvalue weighted by Gasteiger charge is -2.12. The Bertz CT molecular complexity index is 1350. The van der Waals surface area contributed by atoms with Gasteiger partial charge >= 0.3 is 0 Å². The number of amides is 1. The number of nitrogens with zero attached hydrogens (tertiary/aromatic N) is 3. The molecule has 9 nitrogen and oxygen atoms in total. The number of ether oxygens (including phenoxy) is 1. The van der Waals surface area contributed by atoms with E-state index < -0.39 is 10.0 Å². The number of nitrogens with one attached hydrogen (secondary N) is 2. The molecule has 0 bridgehead atoms. The van der Waals surface area contributed by atoms with Gasteiger partial charge in [-0.1, -0.05) is 18.2 Å². The summed E-state index contributed by atoms with van der Waals surface area (Å²) in [6.07, 6.45) is 5.07. The van der Waals surface area contributed by atoms with E-state index in [0.717, 1.165) is 5.56 Å². The van der Waals surface area contributed by atoms with E-state index in [9.17, 15) is 13.2 Å². The first-order valence-electron chi connectivity index (χ1n) is 9.96. The minimum atomic E-state index is -3.85. The van der Waals surface area contributed by atoms with E-state index in [1.807, 2.05) is 6.07 Å². The van der Waals surface area contributed by atoms with E-state index >= 15 is 0 Å². The van der Waals surface area contributed by atoms with Crippen molar-refractivity contribution in [1.82, 2.24) is 20.1 Å². The van der Waals surface area contributed by atoms with Crippen LogP contribution < -0.4 is 14.8 Å². The van der Waals surface area contributed by atoms with E-state index in [1.54, 1.807) is 59.7 Å². The monoisotopic (exact) mass is 463 g/mol. The van der Waals surface area contributed by atoms with Crippen LogP contribution in [0, 0.1) is 0 Å². The summed E-state index contributed by atoms with van der Waals surface area (Å²) in [6.45, 7) is 0.233. The largest absolute Gasteiger partial charge is 0.495 e. The standard InChI is InChI=1S/C23H21N5O4S/c1-32-21-8-3-2-7-20(21)27-33(30,31)19-11-9-17(10-12-19)23(29)25-16-18-6-4-13-24-22(18)28-15-5-14-26-28/h2-15,27H,16H2,1H3,(H,25,29). The number of carbonyl (C=O) groups excluding carboxylic acids is 1. The molecule has 0 aliphatic rings. The molecule has 2 aromatic heterocycles. The zero-order chi connectivity index (χ0) is 23.3. The van der Waals surface area contributed by atoms with Crippen molar-refractivity contribution in [3.8, 4) is 11.6 Å². The Morgan fingerprint density at radius 3 is 2.52 bits per heavy atom. The summed E-state index contributed by atoms with van der Waals surface area (Å²) < 4.78 is 34.8. The van der Waals surface area contributed by atoms with Crippen LogP contribution in [-0.4, -0.2) is 36.2 Å². The number of hydrogen-bond acceptors (Lipinski definition) is 6. The third-order valence-electron chi connectivity index (χ3n) is 4.81. The van der Waals surface area contributed by atoms with Gasteiger partial charge in [-0.25, -0.2) is 18.1 Å². The highest BCUT2D eigenvalue weighted by atomic mass is 32.2. The van der Waals surface area contributed by atoms with Gasteiger partial charge in [0, 0.05) is 36.3 Å². The zero-order valence-corrected chi connectivity index (χ0v) is 18.5. The molecule has 0 aliphatic carbocycles. The van der Waals surface area contributed by atoms with Crippen LogP contribution in [0.15, 0.2) is 90.2 Å². The van der Waals surface area contributed by atoms with Gasteiger partial charge in [-0.3, -0.25) is 9.52 Å². The van der Waals surface area contributed by atoms with Crippen LogP contribution in [0.1, 0.15) is 15.9 Å². The first kappa shape index (κ1) is 22.0. The first-order valence-corrected chi connectivity index (χ1v) is 11.4. The number of benzene rings is 2. The number of sulfonamides is 1. The van der Waals surface area contributed by atoms with Crippen molar-refractivity contribution in [3.63, 3.8) is 0 Å². The molecular weight excluding hydrogens is 442 g/mol. The fourth-order valence-corrected chi connectivity index (χ4v) is 4.23. The van der Waals surface area contributed by atoms with Gasteiger partial charge < -0.3 is 10.1 Å². The number of para-hydroxylation sites is 2. The topological polar surface area (TPSA) is 115 Å². The minimum Gasteiger partial charge on any atom is -0.495 e. The van der Waals surface area contributed by atoms with Crippen LogP contribution in [0.4, 0.5) is 5.69 Å². The van der Waals surface area contributed by atoms with E-state index in [1.165, 1.54) is 31.4 Å². The van der Waals surface area contributed by atoms with Crippen LogP contribution in [0.3, 0.4) is 0 Å². The summed E-state index contributed by atoms with van der Waals surface area (Å²) in [6, 6.07) is 17.8. The van der Waals surface area contributed by atoms with Gasteiger partial charge in [0.2, 0.25) is 0 Å². The normalized spacial score (nSPS) is 11.1. The second kappa shape index (κ2) is 9.53. The predicted molar refractivity (Wildman–Crippen MR) is 123 cm³/mol. The molecule has 2 aromatic carbocycles. The lowest BCUT2D eigenvalue weighted by atomic mass is 10.2. The molecule has 4 rings (SSSR count). The fourth-order valence-electron chi connectivity index (χ4n) is 3.16. The first-order chi connectivity index (χ1) is 16.0. The van der Waals surface area contributed by atoms with Crippen LogP contribution >= 0.6 is 0 Å². The van der Waals surface area contributed by atoms with Gasteiger partial charge in [0.1, 0.15) is 5.75 Å². The predicted octanol–water partition coefficient (Wildman–Crippen LogP) is 3.01. The molecule has 2 heterocycles. The smallest absolute Gasteiger partial charge is 0.262 e. The summed E-state index contributed by atoms with van der Waals surface area (Å²) >= 11 is 0. The molecular formula is C23H21N5O4S. The van der Waals surface area contributed by atoms with E-state index in [-0.39, 0.29) is 17.3 Å². The number of carbonyl (C=O) groups is 1. The van der Waals surface area contributed by atoms with Crippen LogP contribution in [-0.2, 0) is 16.6 Å². The van der Waals surface area contributed by atoms with Crippen molar-refractivity contribution >= 4 is 21.6 Å². The number of hydrogen-bond donors (Lipinski definition) is 2. The molecule has 0 radical (unpaired) electrons. The third kappa shape index (κ3) is 5.01. The highest BCUT2D eigenvalue weighted by molar-refractivity contribution is 7.92. The summed E-state index contributed by atoms with van der Waals surface area (Å²) in [5, 5.41) is 7.01. The molecule has 0 aliphatic heterocycles. The maximum Gasteiger partial charge on any atom is 0.262 e. The lowest BCUT2D eigenvalue weighted by molar-refractivity contribution is 0.0951. The molecule has 4 aromatic rings. The molecule has 0 atom stereocenters. The number of aromatic nitrogens is 3. The van der Waals surface area contributed by atoms with Crippen molar-refractivity contribution in [2.45, 2.75) is 11.4 Å². The van der Waals surface area contributed by atoms with Crippen molar-refractivity contribution < 1.29 is 17.9 Å². The molecule has 33 heavy (non-hydrogen) atoms. The molecule has 0 spiro atoms. The van der Waals surface area contributed by atoms with Gasteiger partial charge in [-0.15, -0.1) is 0 Å². The third-order valence-corrected chi connectivity index (χ3v) is 6.19. The van der Waals surface area contributed by atoms with Gasteiger partial charge in [0.15, 0.2) is 5.82 Å². The van der Waals surface area contributed by atoms with Gasteiger partial charge in [0.05, 0.1) is 17.7 Å². The SMILES string of the molecule is COc1ccccc1NS(=O)(=O)c1ccc(C(=O)NCc2cccnc2-n2cccn2)cc1. The molecule has 1 amide bonds. The second-order valence-corrected chi connectivity index (χ2v) is 8.63. The van der Waals surface area contributed by atoms with Crippen LogP contribution in [0.25, 0.3) is 5.82 Å². The summed E-state index contributed by atoms with van der Waals surface area (Å²) in [7, 11) is -2.39. The Labute approximate surface area is 191 Å². The Balaban J connectivity index is 1.45. The van der Waals surface area contributed by atoms with Crippen LogP contribution in [0.5, 0.6) is 5.75 Å². The van der Waals surface area contributed by atoms with Crippen molar-refractivity contribution in [2.24, 2.45) is 0 Å². The maximum atomic E-state index is 12.7. The Hall–Kier alpha value is -4.18. The quantitative estimate of drug-likeness (QED) is 0.415. The van der Waals surface area contributed by atoms with Gasteiger partial charge in [-0.2, -0.15) is 5.10 Å². The van der Waals surface area contributed by atoms with Crippen molar-refractivity contribution in [3.05, 3.63) is 96.4 Å². The summed E-state index contributed by atoms with van der Waals surface area (Å²) in [4.78, 5) is 17.0. The number of anilines is 1. The summed E-state index contributed by atoms with van der Waals surface area (Å²) in [5.74, 6) is 0.681. The zero-order valence-electron chi connectivity index (χ0n) is 17.7. The summed E-state index contributed by atoms with van der Waals surface area (Å²) in [5.41, 5.74) is 1.44. The highest BCUT2D eigenvalue weighted by Gasteiger charge is 2.17. The van der Waals surface area contributed by atoms with Crippen molar-refractivity contribution in [1.29, 1.82) is 0 Å². The number of pyridine rings is 1. The Morgan fingerprint density at radius 1 is 1.00 bits per heavy atom. The lowest BCUT2D eigenvalue weighted by Crippen LogP contribution is -2.24. The Kier molecular flexibility index (Phi) is 6.36. The maximum absolute atomic E-state index is 12.7. The average Bonchev–Trinajstić information content (AvgIpc) is 3.38. The van der Waals surface area contributed by atoms with E-state index in [0.29, 0.717) is 22.8 Å². The number of rotatable bonds is 8. The fraction of sp³-hybridized carbons (Fsp3) is 0.0870. The van der Waals surface area contributed by atoms with Crippen LogP contribution in [0.2, 0.25) is 0 Å². The molecule has 0 unspecified atom stereocenters. The molecule has 10 heteroatoms. The Morgan fingerprint density at radius 2 is 1.79 bits per heavy atom. The molecule has 0 saturated heterocycles. The highest BCUT2D eigenvalue weighted by Crippen LogP contribution is 2.26. The molecule has 2 N–H and O–H groups in total. The van der Waals surface area contributed by atoms with Gasteiger partial charge in [0.25, 0.3) is 15.9 Å². The molecule has 0 fully saturated rings. The van der Waals surface area contributed by atoms with Crippen molar-refractivity contribution in [2.75, 3.05) is 11.8 Å². The molecule has 0 saturated carbocycles. The van der Waals surface area contributed by atoms with E-state index in [2.05, 4.69) is 20.1 Å². The van der Waals surface area contributed by atoms with Gasteiger partial charge in [-0.05, 0) is 48.5 Å². The van der Waals surface area contributed by atoms with E-state index in [4.69, 9.17) is 4.74 Å². The minimum absolute atomic E-state index is 0.0261. The average molecular weight is 464 g/mol. The number of methoxy groups -OCH3 is 1. The second-order valence-electron chi connectivity index (χ2n) is 6.95.